The molecule has 0 bridgehead atoms. The number of nitrogens with zero attached hydrogens (tertiary/aromatic N) is 1. The zero-order chi connectivity index (χ0) is 20.9. The molecule has 0 aliphatic rings. The fraction of sp³-hybridized carbons (Fsp3) is 0.130. The Labute approximate surface area is 172 Å². The number of ether oxygens (including phenoxy) is 2. The van der Waals surface area contributed by atoms with Crippen molar-refractivity contribution in [1.29, 1.82) is 0 Å². The van der Waals surface area contributed by atoms with Crippen molar-refractivity contribution in [1.82, 2.24) is 5.32 Å². The molecule has 30 heavy (non-hydrogen) atoms. The standard InChI is InChI=1S/C23H20N2O5/c1-27-16-9-10-21(28-2)19(13-16)25-23-18(12-15-6-3-4-8-20(15)30-23)22(26)24-14-17-7-5-11-29-17/h3-13H,14H2,1-2H3,(H,24,26). The second kappa shape index (κ2) is 8.57. The molecule has 4 aromatic rings. The number of fused-ring (bicyclic) bond motifs is 1. The average Bonchev–Trinajstić information content (AvgIpc) is 3.30. The molecule has 2 aromatic heterocycles. The number of methoxy groups -OCH3 is 2. The number of carbonyl (C=O) groups is 1. The summed E-state index contributed by atoms with van der Waals surface area (Å²) in [6, 6.07) is 18.0. The lowest BCUT2D eigenvalue weighted by Gasteiger charge is -2.08. The van der Waals surface area contributed by atoms with E-state index in [0.29, 0.717) is 34.1 Å². The summed E-state index contributed by atoms with van der Waals surface area (Å²) >= 11 is 0. The van der Waals surface area contributed by atoms with Crippen LogP contribution in [0.15, 0.2) is 80.8 Å². The Morgan fingerprint density at radius 2 is 1.90 bits per heavy atom. The van der Waals surface area contributed by atoms with Gasteiger partial charge in [-0.1, -0.05) is 18.2 Å². The number of para-hydroxylation sites is 1. The van der Waals surface area contributed by atoms with Crippen molar-refractivity contribution in [3.05, 3.63) is 83.8 Å². The van der Waals surface area contributed by atoms with E-state index in [1.54, 1.807) is 56.9 Å². The summed E-state index contributed by atoms with van der Waals surface area (Å²) in [4.78, 5) is 17.5. The van der Waals surface area contributed by atoms with E-state index in [2.05, 4.69) is 10.3 Å². The number of furan rings is 1. The molecule has 0 aliphatic carbocycles. The van der Waals surface area contributed by atoms with Gasteiger partial charge < -0.3 is 23.6 Å². The van der Waals surface area contributed by atoms with E-state index in [9.17, 15) is 4.79 Å². The lowest BCUT2D eigenvalue weighted by molar-refractivity contribution is 0.0944. The van der Waals surface area contributed by atoms with Gasteiger partial charge in [0.15, 0.2) is 0 Å². The molecule has 2 aromatic carbocycles. The summed E-state index contributed by atoms with van der Waals surface area (Å²) in [6.45, 7) is 0.251. The maximum absolute atomic E-state index is 12.9. The minimum Gasteiger partial charge on any atom is -0.497 e. The minimum absolute atomic E-state index is 0.164. The Bertz CT molecular complexity index is 1240. The van der Waals surface area contributed by atoms with Crippen LogP contribution in [-0.4, -0.2) is 20.1 Å². The van der Waals surface area contributed by atoms with Crippen molar-refractivity contribution in [3.63, 3.8) is 0 Å². The fourth-order valence-electron chi connectivity index (χ4n) is 2.98. The van der Waals surface area contributed by atoms with Crippen molar-refractivity contribution in [2.75, 3.05) is 14.2 Å². The SMILES string of the molecule is COc1ccc(OC)c(N=c2oc3ccccc3cc2C(=O)NCc2ccco2)c1. The van der Waals surface area contributed by atoms with E-state index in [4.69, 9.17) is 18.3 Å². The van der Waals surface area contributed by atoms with Crippen LogP contribution in [0.4, 0.5) is 5.69 Å². The van der Waals surface area contributed by atoms with Crippen LogP contribution in [0.1, 0.15) is 16.1 Å². The van der Waals surface area contributed by atoms with Crippen molar-refractivity contribution in [2.45, 2.75) is 6.54 Å². The van der Waals surface area contributed by atoms with Gasteiger partial charge in [-0.05, 0) is 36.4 Å². The van der Waals surface area contributed by atoms with Gasteiger partial charge in [0.25, 0.3) is 5.91 Å². The van der Waals surface area contributed by atoms with Crippen LogP contribution < -0.4 is 20.3 Å². The van der Waals surface area contributed by atoms with Gasteiger partial charge >= 0.3 is 0 Å². The van der Waals surface area contributed by atoms with Crippen LogP contribution in [-0.2, 0) is 6.54 Å². The average molecular weight is 404 g/mol. The summed E-state index contributed by atoms with van der Waals surface area (Å²) in [7, 11) is 3.12. The topological polar surface area (TPSA) is 86.2 Å². The zero-order valence-corrected chi connectivity index (χ0v) is 16.5. The van der Waals surface area contributed by atoms with E-state index in [-0.39, 0.29) is 18.0 Å². The maximum atomic E-state index is 12.9. The smallest absolute Gasteiger partial charge is 0.257 e. The molecule has 7 nitrogen and oxygen atoms in total. The molecule has 0 radical (unpaired) electrons. The Morgan fingerprint density at radius 3 is 2.67 bits per heavy atom. The molecule has 0 unspecified atom stereocenters. The monoisotopic (exact) mass is 404 g/mol. The summed E-state index contributed by atoms with van der Waals surface area (Å²) in [5, 5.41) is 3.62. The number of hydrogen-bond donors (Lipinski definition) is 1. The van der Waals surface area contributed by atoms with Gasteiger partial charge in [0.2, 0.25) is 5.55 Å². The molecule has 0 aliphatic heterocycles. The number of rotatable bonds is 6. The molecule has 4 rings (SSSR count). The lowest BCUT2D eigenvalue weighted by atomic mass is 10.1. The number of carbonyl (C=O) groups excluding carboxylic acids is 1. The Hall–Kier alpha value is -4.00. The first-order valence-corrected chi connectivity index (χ1v) is 9.28. The summed E-state index contributed by atoms with van der Waals surface area (Å²) < 4.78 is 21.9. The normalized spacial score (nSPS) is 11.5. The highest BCUT2D eigenvalue weighted by Gasteiger charge is 2.14. The van der Waals surface area contributed by atoms with Gasteiger partial charge in [0, 0.05) is 11.5 Å². The Kier molecular flexibility index (Phi) is 5.52. The van der Waals surface area contributed by atoms with Gasteiger partial charge in [-0.15, -0.1) is 0 Å². The number of nitrogens with one attached hydrogen (secondary N) is 1. The van der Waals surface area contributed by atoms with E-state index in [1.165, 1.54) is 0 Å². The first-order chi connectivity index (χ1) is 14.7. The van der Waals surface area contributed by atoms with Crippen molar-refractivity contribution in [2.24, 2.45) is 4.99 Å². The largest absolute Gasteiger partial charge is 0.497 e. The zero-order valence-electron chi connectivity index (χ0n) is 16.5. The van der Waals surface area contributed by atoms with Crippen LogP contribution >= 0.6 is 0 Å². The molecule has 7 heteroatoms. The predicted molar refractivity (Wildman–Crippen MR) is 111 cm³/mol. The maximum Gasteiger partial charge on any atom is 0.257 e. The van der Waals surface area contributed by atoms with Gasteiger partial charge in [0.05, 0.1) is 27.0 Å². The summed E-state index contributed by atoms with van der Waals surface area (Å²) in [5.41, 5.74) is 1.55. The second-order valence-corrected chi connectivity index (χ2v) is 6.41. The van der Waals surface area contributed by atoms with Crippen molar-refractivity contribution >= 4 is 22.6 Å². The summed E-state index contributed by atoms with van der Waals surface area (Å²) in [6.07, 6.45) is 1.56. The van der Waals surface area contributed by atoms with Crippen LogP contribution in [0, 0.1) is 0 Å². The molecular weight excluding hydrogens is 384 g/mol. The van der Waals surface area contributed by atoms with E-state index in [0.717, 1.165) is 5.39 Å². The third-order valence-corrected chi connectivity index (χ3v) is 4.51. The minimum atomic E-state index is -0.332. The van der Waals surface area contributed by atoms with Crippen molar-refractivity contribution in [3.8, 4) is 11.5 Å². The molecule has 0 saturated heterocycles. The van der Waals surface area contributed by atoms with E-state index in [1.807, 2.05) is 24.3 Å². The lowest BCUT2D eigenvalue weighted by Crippen LogP contribution is -2.28. The first-order valence-electron chi connectivity index (χ1n) is 9.28. The summed E-state index contributed by atoms with van der Waals surface area (Å²) in [5.74, 6) is 1.45. The molecule has 1 amide bonds. The molecule has 0 fully saturated rings. The fourth-order valence-corrected chi connectivity index (χ4v) is 2.98. The third kappa shape index (κ3) is 4.05. The highest BCUT2D eigenvalue weighted by atomic mass is 16.5. The van der Waals surface area contributed by atoms with Gasteiger partial charge in [-0.2, -0.15) is 0 Å². The second-order valence-electron chi connectivity index (χ2n) is 6.41. The van der Waals surface area contributed by atoms with Crippen LogP contribution in [0.2, 0.25) is 0 Å². The van der Waals surface area contributed by atoms with E-state index >= 15 is 0 Å². The highest BCUT2D eigenvalue weighted by molar-refractivity contribution is 5.96. The molecular formula is C23H20N2O5. The highest BCUT2D eigenvalue weighted by Crippen LogP contribution is 2.31. The molecule has 0 atom stereocenters. The van der Waals surface area contributed by atoms with Crippen LogP contribution in [0.3, 0.4) is 0 Å². The Balaban J connectivity index is 1.82. The number of hydrogen-bond acceptors (Lipinski definition) is 6. The quantitative estimate of drug-likeness (QED) is 0.520. The van der Waals surface area contributed by atoms with Crippen molar-refractivity contribution < 1.29 is 23.1 Å². The third-order valence-electron chi connectivity index (χ3n) is 4.51. The molecule has 0 saturated carbocycles. The van der Waals surface area contributed by atoms with Gasteiger partial charge in [-0.3, -0.25) is 4.79 Å². The number of benzene rings is 2. The van der Waals surface area contributed by atoms with Gasteiger partial charge in [0.1, 0.15) is 34.1 Å². The van der Waals surface area contributed by atoms with E-state index < -0.39 is 0 Å². The predicted octanol–water partition coefficient (Wildman–Crippen LogP) is 4.21. The molecule has 152 valence electrons. The Morgan fingerprint density at radius 1 is 1.03 bits per heavy atom. The molecule has 1 N–H and O–H groups in total. The molecule has 0 spiro atoms. The first kappa shape index (κ1) is 19.3. The van der Waals surface area contributed by atoms with Crippen LogP contribution in [0.25, 0.3) is 11.0 Å². The molecule has 2 heterocycles. The number of amides is 1. The van der Waals surface area contributed by atoms with Crippen LogP contribution in [0.5, 0.6) is 11.5 Å². The van der Waals surface area contributed by atoms with Gasteiger partial charge in [-0.25, -0.2) is 4.99 Å².